The van der Waals surface area contributed by atoms with Crippen molar-refractivity contribution >= 4 is 0 Å². The molecule has 0 aromatic carbocycles. The Morgan fingerprint density at radius 3 is 1.87 bits per heavy atom. The summed E-state index contributed by atoms with van der Waals surface area (Å²) in [6, 6.07) is 0. The number of rotatable bonds is 1. The Kier molecular flexibility index (Phi) is 4.07. The first kappa shape index (κ1) is 11.4. The summed E-state index contributed by atoms with van der Waals surface area (Å²) in [6.45, 7) is 7.55. The first-order valence-corrected chi connectivity index (χ1v) is 6.99. The molecule has 1 heteroatoms. The number of hydrogen-bond donors (Lipinski definition) is 1. The van der Waals surface area contributed by atoms with E-state index < -0.39 is 0 Å². The lowest BCUT2D eigenvalue weighted by Gasteiger charge is -2.37. The second-order valence-corrected chi connectivity index (χ2v) is 5.90. The molecule has 1 aliphatic heterocycles. The molecule has 2 rings (SSSR count). The summed E-state index contributed by atoms with van der Waals surface area (Å²) in [5.41, 5.74) is 0. The fourth-order valence-corrected chi connectivity index (χ4v) is 4.04. The molecular weight excluding hydrogens is 182 g/mol. The predicted molar refractivity (Wildman–Crippen MR) is 65.9 cm³/mol. The highest BCUT2D eigenvalue weighted by Gasteiger charge is 2.33. The van der Waals surface area contributed by atoms with Gasteiger partial charge in [-0.25, -0.2) is 0 Å². The van der Waals surface area contributed by atoms with Gasteiger partial charge in [0.2, 0.25) is 0 Å². The van der Waals surface area contributed by atoms with Gasteiger partial charge in [-0.05, 0) is 49.6 Å². The van der Waals surface area contributed by atoms with Crippen LogP contribution in [0.1, 0.15) is 52.4 Å². The van der Waals surface area contributed by atoms with Crippen LogP contribution in [0.2, 0.25) is 0 Å². The fraction of sp³-hybridized carbons (Fsp3) is 1.00. The molecule has 1 heterocycles. The monoisotopic (exact) mass is 209 g/mol. The second-order valence-electron chi connectivity index (χ2n) is 5.90. The van der Waals surface area contributed by atoms with Crippen LogP contribution in [-0.2, 0) is 0 Å². The number of piperidine rings is 1. The maximum atomic E-state index is 3.50. The van der Waals surface area contributed by atoms with Crippen LogP contribution < -0.4 is 5.32 Å². The van der Waals surface area contributed by atoms with Crippen molar-refractivity contribution in [2.75, 3.05) is 13.1 Å². The molecule has 1 saturated heterocycles. The Morgan fingerprint density at radius 1 is 0.800 bits per heavy atom. The van der Waals surface area contributed by atoms with Gasteiger partial charge in [0.05, 0.1) is 0 Å². The van der Waals surface area contributed by atoms with Crippen LogP contribution in [0.3, 0.4) is 0 Å². The van der Waals surface area contributed by atoms with E-state index in [4.69, 9.17) is 0 Å². The van der Waals surface area contributed by atoms with Gasteiger partial charge in [0, 0.05) is 0 Å². The van der Waals surface area contributed by atoms with Crippen LogP contribution in [0, 0.1) is 23.7 Å². The quantitative estimate of drug-likeness (QED) is 0.652. The van der Waals surface area contributed by atoms with Crippen LogP contribution in [-0.4, -0.2) is 13.1 Å². The van der Waals surface area contributed by atoms with Gasteiger partial charge in [0.25, 0.3) is 0 Å². The zero-order chi connectivity index (χ0) is 10.7. The first-order valence-electron chi connectivity index (χ1n) is 6.99. The normalized spacial score (nSPS) is 40.0. The summed E-state index contributed by atoms with van der Waals surface area (Å²) in [6.07, 6.45) is 8.79. The zero-order valence-corrected chi connectivity index (χ0v) is 10.5. The van der Waals surface area contributed by atoms with Gasteiger partial charge >= 0.3 is 0 Å². The number of hydrogen-bond acceptors (Lipinski definition) is 1. The minimum atomic E-state index is 0.977. The van der Waals surface area contributed by atoms with Gasteiger partial charge in [-0.2, -0.15) is 0 Å². The lowest BCUT2D eigenvalue weighted by Crippen LogP contribution is -2.36. The van der Waals surface area contributed by atoms with Crippen molar-refractivity contribution in [1.29, 1.82) is 0 Å². The van der Waals surface area contributed by atoms with Crippen molar-refractivity contribution < 1.29 is 0 Å². The minimum Gasteiger partial charge on any atom is -0.317 e. The molecule has 0 bridgehead atoms. The van der Waals surface area contributed by atoms with Crippen LogP contribution in [0.15, 0.2) is 0 Å². The molecule has 0 radical (unpaired) electrons. The standard InChI is InChI=1S/C14H27N/c1-11-5-3-4-6-12(2)14(11)13-7-9-15-10-8-13/h11-15H,3-10H2,1-2H3. The van der Waals surface area contributed by atoms with E-state index in [1.54, 1.807) is 0 Å². The van der Waals surface area contributed by atoms with E-state index in [1.807, 2.05) is 0 Å². The molecule has 15 heavy (non-hydrogen) atoms. The molecular formula is C14H27N. The molecule has 1 aliphatic carbocycles. The highest BCUT2D eigenvalue weighted by molar-refractivity contribution is 4.84. The van der Waals surface area contributed by atoms with Crippen LogP contribution in [0.25, 0.3) is 0 Å². The van der Waals surface area contributed by atoms with Gasteiger partial charge in [0.15, 0.2) is 0 Å². The smallest absolute Gasteiger partial charge is 0.00462 e. The van der Waals surface area contributed by atoms with Crippen molar-refractivity contribution in [2.24, 2.45) is 23.7 Å². The van der Waals surface area contributed by atoms with Crippen molar-refractivity contribution in [3.05, 3.63) is 0 Å². The molecule has 1 saturated carbocycles. The summed E-state index contributed by atoms with van der Waals surface area (Å²) < 4.78 is 0. The molecule has 2 aliphatic rings. The topological polar surface area (TPSA) is 12.0 Å². The summed E-state index contributed by atoms with van der Waals surface area (Å²) in [7, 11) is 0. The molecule has 88 valence electrons. The molecule has 1 N–H and O–H groups in total. The predicted octanol–water partition coefficient (Wildman–Crippen LogP) is 3.45. The molecule has 2 unspecified atom stereocenters. The number of nitrogens with one attached hydrogen (secondary N) is 1. The molecule has 0 aromatic heterocycles. The fourth-order valence-electron chi connectivity index (χ4n) is 4.04. The summed E-state index contributed by atoms with van der Waals surface area (Å²) in [5, 5.41) is 3.50. The summed E-state index contributed by atoms with van der Waals surface area (Å²) >= 11 is 0. The minimum absolute atomic E-state index is 0.977. The highest BCUT2D eigenvalue weighted by Crippen LogP contribution is 2.40. The molecule has 0 spiro atoms. The Hall–Kier alpha value is -0.0400. The zero-order valence-electron chi connectivity index (χ0n) is 10.5. The van der Waals surface area contributed by atoms with Crippen molar-refractivity contribution in [3.63, 3.8) is 0 Å². The van der Waals surface area contributed by atoms with E-state index in [1.165, 1.54) is 51.6 Å². The largest absolute Gasteiger partial charge is 0.317 e. The van der Waals surface area contributed by atoms with Crippen LogP contribution in [0.4, 0.5) is 0 Å². The summed E-state index contributed by atoms with van der Waals surface area (Å²) in [5.74, 6) is 4.00. The third-order valence-electron chi connectivity index (χ3n) is 4.81. The van der Waals surface area contributed by atoms with Gasteiger partial charge in [-0.3, -0.25) is 0 Å². The van der Waals surface area contributed by atoms with Crippen molar-refractivity contribution in [1.82, 2.24) is 5.32 Å². The highest BCUT2D eigenvalue weighted by atomic mass is 14.9. The summed E-state index contributed by atoms with van der Waals surface area (Å²) in [4.78, 5) is 0. The van der Waals surface area contributed by atoms with Gasteiger partial charge in [-0.15, -0.1) is 0 Å². The van der Waals surface area contributed by atoms with Gasteiger partial charge < -0.3 is 5.32 Å². The van der Waals surface area contributed by atoms with Crippen molar-refractivity contribution in [3.8, 4) is 0 Å². The van der Waals surface area contributed by atoms with E-state index in [0.29, 0.717) is 0 Å². The Balaban J connectivity index is 2.01. The Labute approximate surface area is 95.0 Å². The molecule has 0 aromatic rings. The first-order chi connectivity index (χ1) is 7.29. The maximum Gasteiger partial charge on any atom is -0.00462 e. The lowest BCUT2D eigenvalue weighted by atomic mass is 9.71. The lowest BCUT2D eigenvalue weighted by molar-refractivity contribution is 0.136. The SMILES string of the molecule is CC1CCCCC(C)C1C1CCNCC1. The van der Waals surface area contributed by atoms with E-state index in [9.17, 15) is 0 Å². The third-order valence-corrected chi connectivity index (χ3v) is 4.81. The molecule has 2 fully saturated rings. The van der Waals surface area contributed by atoms with Gasteiger partial charge in [0.1, 0.15) is 0 Å². The van der Waals surface area contributed by atoms with E-state index in [0.717, 1.165) is 23.7 Å². The third kappa shape index (κ3) is 2.75. The Bertz CT molecular complexity index is 172. The average Bonchev–Trinajstić information content (AvgIpc) is 2.41. The average molecular weight is 209 g/mol. The van der Waals surface area contributed by atoms with Crippen LogP contribution >= 0.6 is 0 Å². The molecule has 2 atom stereocenters. The van der Waals surface area contributed by atoms with E-state index in [2.05, 4.69) is 19.2 Å². The second kappa shape index (κ2) is 5.34. The molecule has 0 amide bonds. The Morgan fingerprint density at radius 2 is 1.33 bits per heavy atom. The van der Waals surface area contributed by atoms with Gasteiger partial charge in [-0.1, -0.05) is 39.5 Å². The maximum absolute atomic E-state index is 3.50. The van der Waals surface area contributed by atoms with Crippen molar-refractivity contribution in [2.45, 2.75) is 52.4 Å². The van der Waals surface area contributed by atoms with Crippen LogP contribution in [0.5, 0.6) is 0 Å². The van der Waals surface area contributed by atoms with E-state index in [-0.39, 0.29) is 0 Å². The van der Waals surface area contributed by atoms with E-state index >= 15 is 0 Å². The molecule has 1 nitrogen and oxygen atoms in total.